The van der Waals surface area contributed by atoms with Gasteiger partial charge in [0.1, 0.15) is 0 Å². The van der Waals surface area contributed by atoms with Gasteiger partial charge in [-0.1, -0.05) is 0 Å². The number of thiophene rings is 1. The summed E-state index contributed by atoms with van der Waals surface area (Å²) in [5.74, 6) is 0.745. The number of rotatable bonds is 4. The molecule has 1 fully saturated rings. The molecule has 1 aliphatic rings. The van der Waals surface area contributed by atoms with Crippen LogP contribution in [-0.4, -0.2) is 19.3 Å². The van der Waals surface area contributed by atoms with Crippen LogP contribution in [0.15, 0.2) is 11.4 Å². The molecule has 1 saturated heterocycles. The van der Waals surface area contributed by atoms with E-state index < -0.39 is 0 Å². The summed E-state index contributed by atoms with van der Waals surface area (Å²) in [6.45, 7) is 4.98. The third-order valence-electron chi connectivity index (χ3n) is 3.34. The summed E-state index contributed by atoms with van der Waals surface area (Å²) >= 11 is 1.73. The number of nitrogen functional groups attached to an aromatic ring is 1. The van der Waals surface area contributed by atoms with Gasteiger partial charge in [-0.25, -0.2) is 0 Å². The van der Waals surface area contributed by atoms with Crippen LogP contribution in [0.3, 0.4) is 0 Å². The molecule has 1 aromatic rings. The number of hydrogen-bond acceptors (Lipinski definition) is 4. The van der Waals surface area contributed by atoms with Gasteiger partial charge in [0.25, 0.3) is 0 Å². The van der Waals surface area contributed by atoms with Crippen LogP contribution in [0.25, 0.3) is 0 Å². The molecule has 2 rings (SSSR count). The molecule has 1 unspecified atom stereocenters. The Balaban J connectivity index is 1.78. The molecule has 1 aliphatic heterocycles. The summed E-state index contributed by atoms with van der Waals surface area (Å²) in [5, 5.41) is 5.62. The van der Waals surface area contributed by atoms with E-state index in [0.29, 0.717) is 6.04 Å². The Morgan fingerprint density at radius 3 is 2.94 bits per heavy atom. The van der Waals surface area contributed by atoms with Gasteiger partial charge in [0.05, 0.1) is 0 Å². The van der Waals surface area contributed by atoms with E-state index in [-0.39, 0.29) is 0 Å². The molecule has 0 amide bonds. The smallest absolute Gasteiger partial charge is 0.0469 e. The van der Waals surface area contributed by atoms with E-state index >= 15 is 0 Å². The lowest BCUT2D eigenvalue weighted by molar-refractivity contribution is 0.0558. The van der Waals surface area contributed by atoms with Gasteiger partial charge in [-0.3, -0.25) is 0 Å². The van der Waals surface area contributed by atoms with Crippen LogP contribution in [0.4, 0.5) is 5.69 Å². The fourth-order valence-electron chi connectivity index (χ4n) is 2.13. The van der Waals surface area contributed by atoms with Crippen LogP contribution in [0.2, 0.25) is 0 Å². The summed E-state index contributed by atoms with van der Waals surface area (Å²) in [7, 11) is 0. The van der Waals surface area contributed by atoms with Gasteiger partial charge in [0.2, 0.25) is 0 Å². The lowest BCUT2D eigenvalue weighted by Crippen LogP contribution is -2.36. The highest BCUT2D eigenvalue weighted by atomic mass is 32.1. The number of nitrogens with two attached hydrogens (primary N) is 1. The standard InChI is InChI=1S/C12H20N2OS/c1-9(10-2-5-15-6-3-10)14-8-12-11(13)4-7-16-12/h4,7,9-10,14H,2-3,5-6,8,13H2,1H3. The SMILES string of the molecule is CC(NCc1sccc1N)C1CCOCC1. The number of ether oxygens (including phenoxy) is 1. The molecule has 0 bridgehead atoms. The van der Waals surface area contributed by atoms with E-state index in [1.807, 2.05) is 11.4 Å². The van der Waals surface area contributed by atoms with E-state index in [2.05, 4.69) is 12.2 Å². The van der Waals surface area contributed by atoms with Gasteiger partial charge in [-0.05, 0) is 37.1 Å². The first-order valence-corrected chi connectivity index (χ1v) is 6.78. The molecule has 4 heteroatoms. The van der Waals surface area contributed by atoms with Crippen molar-refractivity contribution in [2.24, 2.45) is 5.92 Å². The van der Waals surface area contributed by atoms with Crippen LogP contribution in [0.1, 0.15) is 24.6 Å². The molecule has 1 atom stereocenters. The van der Waals surface area contributed by atoms with Gasteiger partial charge in [0.15, 0.2) is 0 Å². The predicted octanol–water partition coefficient (Wildman–Crippen LogP) is 2.24. The van der Waals surface area contributed by atoms with Crippen LogP contribution in [0, 0.1) is 5.92 Å². The van der Waals surface area contributed by atoms with Crippen LogP contribution < -0.4 is 11.1 Å². The maximum absolute atomic E-state index is 5.86. The van der Waals surface area contributed by atoms with E-state index in [4.69, 9.17) is 10.5 Å². The van der Waals surface area contributed by atoms with Crippen molar-refractivity contribution in [1.82, 2.24) is 5.32 Å². The van der Waals surface area contributed by atoms with E-state index in [1.165, 1.54) is 17.7 Å². The minimum absolute atomic E-state index is 0.547. The van der Waals surface area contributed by atoms with Crippen molar-refractivity contribution >= 4 is 17.0 Å². The second-order valence-electron chi connectivity index (χ2n) is 4.42. The Labute approximate surface area is 101 Å². The average Bonchev–Trinajstić information content (AvgIpc) is 2.73. The monoisotopic (exact) mass is 240 g/mol. The van der Waals surface area contributed by atoms with Crippen LogP contribution >= 0.6 is 11.3 Å². The molecule has 16 heavy (non-hydrogen) atoms. The molecular formula is C12H20N2OS. The zero-order chi connectivity index (χ0) is 11.4. The average molecular weight is 240 g/mol. The molecule has 3 nitrogen and oxygen atoms in total. The largest absolute Gasteiger partial charge is 0.398 e. The molecule has 3 N–H and O–H groups in total. The summed E-state index contributed by atoms with van der Waals surface area (Å²) in [6, 6.07) is 2.52. The summed E-state index contributed by atoms with van der Waals surface area (Å²) < 4.78 is 5.37. The quantitative estimate of drug-likeness (QED) is 0.848. The summed E-state index contributed by atoms with van der Waals surface area (Å²) in [4.78, 5) is 1.25. The first kappa shape index (κ1) is 11.9. The molecule has 0 radical (unpaired) electrons. The van der Waals surface area contributed by atoms with Crippen molar-refractivity contribution in [1.29, 1.82) is 0 Å². The third kappa shape index (κ3) is 2.97. The number of hydrogen-bond donors (Lipinski definition) is 2. The fraction of sp³-hybridized carbons (Fsp3) is 0.667. The maximum Gasteiger partial charge on any atom is 0.0469 e. The molecule has 0 aliphatic carbocycles. The zero-order valence-electron chi connectivity index (χ0n) is 9.74. The van der Waals surface area contributed by atoms with E-state index in [9.17, 15) is 0 Å². The predicted molar refractivity (Wildman–Crippen MR) is 68.6 cm³/mol. The molecule has 1 aromatic heterocycles. The Hall–Kier alpha value is -0.580. The minimum atomic E-state index is 0.547. The second-order valence-corrected chi connectivity index (χ2v) is 5.42. The lowest BCUT2D eigenvalue weighted by atomic mass is 9.93. The summed E-state index contributed by atoms with van der Waals surface area (Å²) in [6.07, 6.45) is 2.35. The lowest BCUT2D eigenvalue weighted by Gasteiger charge is -2.28. The van der Waals surface area contributed by atoms with Gasteiger partial charge in [0, 0.05) is 36.4 Å². The first-order chi connectivity index (χ1) is 7.77. The Morgan fingerprint density at radius 2 is 2.31 bits per heavy atom. The molecule has 2 heterocycles. The van der Waals surface area contributed by atoms with Crippen molar-refractivity contribution in [2.45, 2.75) is 32.4 Å². The van der Waals surface area contributed by atoms with E-state index in [0.717, 1.165) is 31.4 Å². The fourth-order valence-corrected chi connectivity index (χ4v) is 2.88. The number of nitrogens with one attached hydrogen (secondary N) is 1. The van der Waals surface area contributed by atoms with Crippen LogP contribution in [0.5, 0.6) is 0 Å². The number of anilines is 1. The third-order valence-corrected chi connectivity index (χ3v) is 4.27. The Kier molecular flexibility index (Phi) is 4.21. The minimum Gasteiger partial charge on any atom is -0.398 e. The van der Waals surface area contributed by atoms with Gasteiger partial charge in [-0.15, -0.1) is 11.3 Å². The highest BCUT2D eigenvalue weighted by Crippen LogP contribution is 2.21. The van der Waals surface area contributed by atoms with Crippen molar-refractivity contribution < 1.29 is 4.74 Å². The highest BCUT2D eigenvalue weighted by molar-refractivity contribution is 7.10. The van der Waals surface area contributed by atoms with Gasteiger partial charge < -0.3 is 15.8 Å². The summed E-state index contributed by atoms with van der Waals surface area (Å²) in [5.41, 5.74) is 6.77. The topological polar surface area (TPSA) is 47.3 Å². The molecule has 90 valence electrons. The highest BCUT2D eigenvalue weighted by Gasteiger charge is 2.20. The van der Waals surface area contributed by atoms with Gasteiger partial charge >= 0.3 is 0 Å². The molecule has 0 saturated carbocycles. The molecule has 0 spiro atoms. The van der Waals surface area contributed by atoms with Crippen molar-refractivity contribution in [3.8, 4) is 0 Å². The van der Waals surface area contributed by atoms with Gasteiger partial charge in [-0.2, -0.15) is 0 Å². The maximum atomic E-state index is 5.86. The van der Waals surface area contributed by atoms with Crippen molar-refractivity contribution in [2.75, 3.05) is 18.9 Å². The molecular weight excluding hydrogens is 220 g/mol. The molecule has 0 aromatic carbocycles. The second kappa shape index (κ2) is 5.66. The van der Waals surface area contributed by atoms with Crippen molar-refractivity contribution in [3.05, 3.63) is 16.3 Å². The van der Waals surface area contributed by atoms with Crippen LogP contribution in [-0.2, 0) is 11.3 Å². The Bertz CT molecular complexity index is 321. The zero-order valence-corrected chi connectivity index (χ0v) is 10.6. The van der Waals surface area contributed by atoms with E-state index in [1.54, 1.807) is 11.3 Å². The van der Waals surface area contributed by atoms with Crippen molar-refractivity contribution in [3.63, 3.8) is 0 Å². The normalized spacial score (nSPS) is 19.8. The first-order valence-electron chi connectivity index (χ1n) is 5.90. The Morgan fingerprint density at radius 1 is 1.56 bits per heavy atom.